The van der Waals surface area contributed by atoms with Gasteiger partial charge in [-0.25, -0.2) is 0 Å². The monoisotopic (exact) mass is 366 g/mol. The van der Waals surface area contributed by atoms with Crippen molar-refractivity contribution in [2.45, 2.75) is 38.6 Å². The third-order valence-electron chi connectivity index (χ3n) is 5.95. The molecule has 0 spiro atoms. The van der Waals surface area contributed by atoms with Crippen molar-refractivity contribution in [1.29, 1.82) is 0 Å². The highest BCUT2D eigenvalue weighted by atomic mass is 32.1. The minimum Gasteiger partial charge on any atom is -0.291 e. The molecule has 3 heterocycles. The topological polar surface area (TPSA) is 40.6 Å². The van der Waals surface area contributed by atoms with Gasteiger partial charge in [0, 0.05) is 17.5 Å². The molecule has 5 heteroatoms. The number of benzene rings is 1. The number of hydrogen-bond acceptors (Lipinski definition) is 4. The molecule has 1 amide bonds. The first-order chi connectivity index (χ1) is 12.7. The molecule has 1 aromatic carbocycles. The van der Waals surface area contributed by atoms with Crippen LogP contribution in [0.15, 0.2) is 29.6 Å². The summed E-state index contributed by atoms with van der Waals surface area (Å²) >= 11 is 1.85. The van der Waals surface area contributed by atoms with Crippen LogP contribution < -0.4 is 4.90 Å². The van der Waals surface area contributed by atoms with Gasteiger partial charge in [0.15, 0.2) is 0 Å². The summed E-state index contributed by atoms with van der Waals surface area (Å²) < 4.78 is 0. The Hall–Kier alpha value is -1.98. The minimum atomic E-state index is -0.376. The highest BCUT2D eigenvalue weighted by Crippen LogP contribution is 2.48. The molecule has 1 fully saturated rings. The molecular weight excluding hydrogens is 344 g/mol. The summed E-state index contributed by atoms with van der Waals surface area (Å²) in [5.41, 5.74) is 3.90. The van der Waals surface area contributed by atoms with Crippen molar-refractivity contribution in [3.8, 4) is 0 Å². The number of hydrogen-bond donors (Lipinski definition) is 0. The molecule has 0 bridgehead atoms. The predicted octanol–water partition coefficient (Wildman–Crippen LogP) is 3.81. The lowest BCUT2D eigenvalue weighted by atomic mass is 9.96. The Morgan fingerprint density at radius 3 is 2.81 bits per heavy atom. The average Bonchev–Trinajstić information content (AvgIpc) is 3.34. The molecule has 0 N–H and O–H groups in total. The summed E-state index contributed by atoms with van der Waals surface area (Å²) in [7, 11) is 0. The normalized spacial score (nSPS) is 22.7. The molecule has 1 aromatic heterocycles. The number of amides is 1. The maximum atomic E-state index is 12.7. The molecule has 5 rings (SSSR count). The van der Waals surface area contributed by atoms with E-state index in [0.717, 1.165) is 30.6 Å². The van der Waals surface area contributed by atoms with Gasteiger partial charge in [0.25, 0.3) is 5.78 Å². The molecule has 0 radical (unpaired) electrons. The number of nitrogens with zero attached hydrogens (tertiary/aromatic N) is 2. The highest BCUT2D eigenvalue weighted by molar-refractivity contribution is 7.10. The Labute approximate surface area is 157 Å². The molecule has 2 aliphatic heterocycles. The second-order valence-electron chi connectivity index (χ2n) is 7.55. The molecule has 0 unspecified atom stereocenters. The number of aryl methyl sites for hydroxylation is 1. The largest absolute Gasteiger partial charge is 0.300 e. The van der Waals surface area contributed by atoms with Gasteiger partial charge in [0.1, 0.15) is 0 Å². The van der Waals surface area contributed by atoms with Gasteiger partial charge in [-0.1, -0.05) is 13.0 Å². The van der Waals surface area contributed by atoms with Crippen molar-refractivity contribution < 1.29 is 9.59 Å². The zero-order valence-electron chi connectivity index (χ0n) is 14.9. The average molecular weight is 366 g/mol. The van der Waals surface area contributed by atoms with Gasteiger partial charge in [0.2, 0.25) is 0 Å². The van der Waals surface area contributed by atoms with Crippen LogP contribution in [0.25, 0.3) is 0 Å². The molecule has 3 aliphatic rings. The SMILES string of the molecule is CCc1ccc2c(c1)C(=O)C(=O)N2CN1CCc2sccc2[C@@H]1C1CC1. The summed E-state index contributed by atoms with van der Waals surface area (Å²) in [5, 5.41) is 2.19. The van der Waals surface area contributed by atoms with Gasteiger partial charge in [-0.05, 0) is 66.3 Å². The molecule has 4 nitrogen and oxygen atoms in total. The van der Waals surface area contributed by atoms with Crippen LogP contribution in [0.3, 0.4) is 0 Å². The molecular formula is C21H22N2O2S. The smallest absolute Gasteiger partial charge is 0.291 e. The van der Waals surface area contributed by atoms with Gasteiger partial charge in [0.05, 0.1) is 17.9 Å². The van der Waals surface area contributed by atoms with E-state index in [1.807, 2.05) is 29.5 Å². The Morgan fingerprint density at radius 2 is 2.04 bits per heavy atom. The first-order valence-corrected chi connectivity index (χ1v) is 10.3. The Bertz CT molecular complexity index is 899. The lowest BCUT2D eigenvalue weighted by molar-refractivity contribution is -0.114. The summed E-state index contributed by atoms with van der Waals surface area (Å²) in [5.74, 6) is -0.0376. The van der Waals surface area contributed by atoms with Gasteiger partial charge < -0.3 is 0 Å². The summed E-state index contributed by atoms with van der Waals surface area (Å²) in [4.78, 5) is 30.8. The zero-order chi connectivity index (χ0) is 17.8. The molecule has 1 aliphatic carbocycles. The maximum absolute atomic E-state index is 12.7. The van der Waals surface area contributed by atoms with E-state index in [0.29, 0.717) is 24.2 Å². The number of carbonyl (C=O) groups excluding carboxylic acids is 2. The second-order valence-corrected chi connectivity index (χ2v) is 8.55. The van der Waals surface area contributed by atoms with Crippen LogP contribution in [0, 0.1) is 5.92 Å². The number of rotatable bonds is 4. The quantitative estimate of drug-likeness (QED) is 0.773. The van der Waals surface area contributed by atoms with Crippen molar-refractivity contribution in [2.75, 3.05) is 18.1 Å². The fourth-order valence-corrected chi connectivity index (χ4v) is 5.32. The number of fused-ring (bicyclic) bond motifs is 2. The highest BCUT2D eigenvalue weighted by Gasteiger charge is 2.43. The molecule has 2 aromatic rings. The van der Waals surface area contributed by atoms with Gasteiger partial charge >= 0.3 is 5.91 Å². The van der Waals surface area contributed by atoms with E-state index in [-0.39, 0.29) is 11.7 Å². The third-order valence-corrected chi connectivity index (χ3v) is 6.95. The van der Waals surface area contributed by atoms with E-state index < -0.39 is 0 Å². The van der Waals surface area contributed by atoms with Crippen LogP contribution in [0.2, 0.25) is 0 Å². The van der Waals surface area contributed by atoms with E-state index in [9.17, 15) is 9.59 Å². The van der Waals surface area contributed by atoms with Gasteiger partial charge in [-0.3, -0.25) is 19.4 Å². The van der Waals surface area contributed by atoms with Crippen molar-refractivity contribution in [1.82, 2.24) is 4.90 Å². The van der Waals surface area contributed by atoms with Crippen LogP contribution in [0.1, 0.15) is 52.2 Å². The summed E-state index contributed by atoms with van der Waals surface area (Å²) in [6.07, 6.45) is 4.43. The van der Waals surface area contributed by atoms with E-state index >= 15 is 0 Å². The lowest BCUT2D eigenvalue weighted by Gasteiger charge is -2.38. The maximum Gasteiger partial charge on any atom is 0.300 e. The first kappa shape index (κ1) is 16.2. The van der Waals surface area contributed by atoms with Crippen LogP contribution in [-0.2, 0) is 17.6 Å². The van der Waals surface area contributed by atoms with E-state index in [4.69, 9.17) is 0 Å². The molecule has 26 heavy (non-hydrogen) atoms. The summed E-state index contributed by atoms with van der Waals surface area (Å²) in [6, 6.07) is 8.52. The van der Waals surface area contributed by atoms with Crippen molar-refractivity contribution in [3.63, 3.8) is 0 Å². The van der Waals surface area contributed by atoms with Gasteiger partial charge in [-0.15, -0.1) is 11.3 Å². The Morgan fingerprint density at radius 1 is 1.19 bits per heavy atom. The third kappa shape index (κ3) is 2.45. The number of Topliss-reactive ketones (excluding diaryl/α,β-unsaturated/α-hetero) is 1. The Balaban J connectivity index is 1.47. The number of thiophene rings is 1. The van der Waals surface area contributed by atoms with Gasteiger partial charge in [-0.2, -0.15) is 0 Å². The predicted molar refractivity (Wildman–Crippen MR) is 103 cm³/mol. The van der Waals surface area contributed by atoms with E-state index in [1.165, 1.54) is 23.3 Å². The van der Waals surface area contributed by atoms with Crippen molar-refractivity contribution >= 4 is 28.7 Å². The number of carbonyl (C=O) groups is 2. The second kappa shape index (κ2) is 6.03. The number of anilines is 1. The van der Waals surface area contributed by atoms with Crippen molar-refractivity contribution in [3.05, 3.63) is 51.2 Å². The Kier molecular flexibility index (Phi) is 3.76. The molecule has 1 atom stereocenters. The molecule has 1 saturated carbocycles. The fourth-order valence-electron chi connectivity index (χ4n) is 4.41. The first-order valence-electron chi connectivity index (χ1n) is 9.46. The van der Waals surface area contributed by atoms with E-state index in [1.54, 1.807) is 4.90 Å². The van der Waals surface area contributed by atoms with Crippen LogP contribution in [-0.4, -0.2) is 29.8 Å². The molecule has 0 saturated heterocycles. The minimum absolute atomic E-state index is 0.355. The standard InChI is InChI=1S/C21H22N2O2S/c1-2-13-3-6-17-16(11-13)20(24)21(25)23(17)12-22-9-7-18-15(8-10-26-18)19(22)14-4-5-14/h3,6,8,10-11,14,19H,2,4-5,7,9,12H2,1H3/t19-/m0/s1. The zero-order valence-corrected chi connectivity index (χ0v) is 15.7. The van der Waals surface area contributed by atoms with Crippen LogP contribution in [0.4, 0.5) is 5.69 Å². The lowest BCUT2D eigenvalue weighted by Crippen LogP contribution is -2.45. The van der Waals surface area contributed by atoms with Crippen LogP contribution >= 0.6 is 11.3 Å². The fraction of sp³-hybridized carbons (Fsp3) is 0.429. The number of ketones is 1. The van der Waals surface area contributed by atoms with Crippen LogP contribution in [0.5, 0.6) is 0 Å². The van der Waals surface area contributed by atoms with Crippen molar-refractivity contribution in [2.24, 2.45) is 5.92 Å². The van der Waals surface area contributed by atoms with E-state index in [2.05, 4.69) is 23.3 Å². The summed E-state index contributed by atoms with van der Waals surface area (Å²) in [6.45, 7) is 3.53. The molecule has 134 valence electrons.